The summed E-state index contributed by atoms with van der Waals surface area (Å²) in [5, 5.41) is 3.32. The Morgan fingerprint density at radius 2 is 1.73 bits per heavy atom. The molecular formula is C13H26N2. The van der Waals surface area contributed by atoms with Gasteiger partial charge in [-0.25, -0.2) is 0 Å². The van der Waals surface area contributed by atoms with Crippen LogP contribution >= 0.6 is 0 Å². The zero-order valence-corrected chi connectivity index (χ0v) is 10.9. The molecule has 0 saturated heterocycles. The minimum atomic E-state index is 0.469. The first kappa shape index (κ1) is 14.1. The van der Waals surface area contributed by atoms with E-state index in [1.54, 1.807) is 0 Å². The molecule has 0 radical (unpaired) electrons. The minimum absolute atomic E-state index is 0.469. The summed E-state index contributed by atoms with van der Waals surface area (Å²) in [4.78, 5) is 2.21. The van der Waals surface area contributed by atoms with Crippen molar-refractivity contribution in [1.82, 2.24) is 10.2 Å². The Balaban J connectivity index is 3.85. The lowest BCUT2D eigenvalue weighted by Crippen LogP contribution is -2.26. The molecule has 0 aromatic rings. The lowest BCUT2D eigenvalue weighted by molar-refractivity contribution is 0.375. The highest BCUT2D eigenvalue weighted by Crippen LogP contribution is 2.11. The van der Waals surface area contributed by atoms with Gasteiger partial charge in [0.15, 0.2) is 0 Å². The third-order valence-electron chi connectivity index (χ3n) is 2.40. The van der Waals surface area contributed by atoms with Crippen molar-refractivity contribution in [2.75, 3.05) is 13.6 Å². The van der Waals surface area contributed by atoms with E-state index in [2.05, 4.69) is 58.1 Å². The zero-order valence-electron chi connectivity index (χ0n) is 10.9. The molecule has 0 aromatic heterocycles. The fourth-order valence-corrected chi connectivity index (χ4v) is 1.37. The van der Waals surface area contributed by atoms with E-state index in [0.29, 0.717) is 12.0 Å². The highest BCUT2D eigenvalue weighted by atomic mass is 15.1. The molecule has 0 rings (SSSR count). The maximum atomic E-state index is 4.07. The summed E-state index contributed by atoms with van der Waals surface area (Å²) in [5.74, 6) is 0.515. The Kier molecular flexibility index (Phi) is 6.14. The van der Waals surface area contributed by atoms with Crippen molar-refractivity contribution in [3.05, 3.63) is 24.6 Å². The summed E-state index contributed by atoms with van der Waals surface area (Å²) in [5.41, 5.74) is 2.29. The first-order valence-corrected chi connectivity index (χ1v) is 5.68. The number of nitrogens with one attached hydrogen (secondary N) is 1. The van der Waals surface area contributed by atoms with Gasteiger partial charge >= 0.3 is 0 Å². The molecule has 0 heterocycles. The van der Waals surface area contributed by atoms with Gasteiger partial charge in [0, 0.05) is 37.4 Å². The number of rotatable bonds is 7. The zero-order chi connectivity index (χ0) is 12.0. The van der Waals surface area contributed by atoms with E-state index in [1.165, 1.54) is 5.70 Å². The van der Waals surface area contributed by atoms with Crippen molar-refractivity contribution < 1.29 is 0 Å². The largest absolute Gasteiger partial charge is 0.387 e. The van der Waals surface area contributed by atoms with Crippen LogP contribution in [0.5, 0.6) is 0 Å². The Morgan fingerprint density at radius 1 is 1.20 bits per heavy atom. The summed E-state index contributed by atoms with van der Waals surface area (Å²) in [7, 11) is 2.09. The van der Waals surface area contributed by atoms with E-state index in [0.717, 1.165) is 18.7 Å². The minimum Gasteiger partial charge on any atom is -0.387 e. The molecule has 0 aliphatic heterocycles. The summed E-state index contributed by atoms with van der Waals surface area (Å²) in [6.07, 6.45) is 0.973. The van der Waals surface area contributed by atoms with Crippen LogP contribution in [0.3, 0.4) is 0 Å². The SMILES string of the molecule is C=C(CCN(C)C(=C)C(C)C)NC(C)C. The van der Waals surface area contributed by atoms with Crippen LogP contribution in [0.25, 0.3) is 0 Å². The van der Waals surface area contributed by atoms with Crippen molar-refractivity contribution >= 4 is 0 Å². The van der Waals surface area contributed by atoms with Crippen LogP contribution in [0.2, 0.25) is 0 Å². The Morgan fingerprint density at radius 3 is 2.13 bits per heavy atom. The molecule has 0 aliphatic carbocycles. The number of allylic oxidation sites excluding steroid dienone is 1. The second kappa shape index (κ2) is 6.54. The number of hydrogen-bond acceptors (Lipinski definition) is 2. The second-order valence-corrected chi connectivity index (χ2v) is 4.72. The standard InChI is InChI=1S/C13H26N2/c1-10(2)13(6)15(7)9-8-12(5)14-11(3)4/h10-11,14H,5-6,8-9H2,1-4,7H3. The first-order chi connectivity index (χ1) is 6.84. The molecule has 0 fully saturated rings. The van der Waals surface area contributed by atoms with E-state index in [9.17, 15) is 0 Å². The van der Waals surface area contributed by atoms with Gasteiger partial charge in [0.25, 0.3) is 0 Å². The van der Waals surface area contributed by atoms with Crippen LogP contribution in [0.1, 0.15) is 34.1 Å². The van der Waals surface area contributed by atoms with Crippen LogP contribution in [0, 0.1) is 5.92 Å². The molecule has 0 unspecified atom stereocenters. The monoisotopic (exact) mass is 210 g/mol. The topological polar surface area (TPSA) is 15.3 Å². The summed E-state index contributed by atoms with van der Waals surface area (Å²) < 4.78 is 0. The molecule has 15 heavy (non-hydrogen) atoms. The molecule has 2 nitrogen and oxygen atoms in total. The van der Waals surface area contributed by atoms with Gasteiger partial charge in [0.1, 0.15) is 0 Å². The van der Waals surface area contributed by atoms with Gasteiger partial charge in [0.05, 0.1) is 0 Å². The van der Waals surface area contributed by atoms with Crippen molar-refractivity contribution in [3.63, 3.8) is 0 Å². The Hall–Kier alpha value is -0.920. The molecule has 0 aromatic carbocycles. The third-order valence-corrected chi connectivity index (χ3v) is 2.40. The van der Waals surface area contributed by atoms with Crippen LogP contribution in [0.4, 0.5) is 0 Å². The molecule has 0 amide bonds. The van der Waals surface area contributed by atoms with Gasteiger partial charge in [0.2, 0.25) is 0 Å². The molecule has 0 aliphatic rings. The van der Waals surface area contributed by atoms with Gasteiger partial charge in [-0.3, -0.25) is 0 Å². The van der Waals surface area contributed by atoms with Crippen molar-refractivity contribution in [2.24, 2.45) is 5.92 Å². The molecule has 0 atom stereocenters. The fraction of sp³-hybridized carbons (Fsp3) is 0.692. The van der Waals surface area contributed by atoms with E-state index < -0.39 is 0 Å². The smallest absolute Gasteiger partial charge is 0.0226 e. The summed E-state index contributed by atoms with van der Waals surface area (Å²) in [6, 6.07) is 0.469. The van der Waals surface area contributed by atoms with E-state index in [-0.39, 0.29) is 0 Å². The highest BCUT2D eigenvalue weighted by molar-refractivity contribution is 4.99. The van der Waals surface area contributed by atoms with Crippen LogP contribution in [-0.4, -0.2) is 24.5 Å². The van der Waals surface area contributed by atoms with E-state index >= 15 is 0 Å². The summed E-state index contributed by atoms with van der Waals surface area (Å²) >= 11 is 0. The van der Waals surface area contributed by atoms with Crippen molar-refractivity contribution in [1.29, 1.82) is 0 Å². The highest BCUT2D eigenvalue weighted by Gasteiger charge is 2.06. The molecule has 0 saturated carbocycles. The molecule has 1 N–H and O–H groups in total. The molecular weight excluding hydrogens is 184 g/mol. The second-order valence-electron chi connectivity index (χ2n) is 4.72. The van der Waals surface area contributed by atoms with Gasteiger partial charge in [-0.1, -0.05) is 27.0 Å². The van der Waals surface area contributed by atoms with Crippen LogP contribution in [0.15, 0.2) is 24.6 Å². The third kappa shape index (κ3) is 6.21. The molecule has 0 bridgehead atoms. The number of hydrogen-bond donors (Lipinski definition) is 1. The lowest BCUT2D eigenvalue weighted by atomic mass is 10.1. The maximum absolute atomic E-state index is 4.07. The van der Waals surface area contributed by atoms with Crippen molar-refractivity contribution in [2.45, 2.75) is 40.2 Å². The average molecular weight is 210 g/mol. The van der Waals surface area contributed by atoms with Crippen molar-refractivity contribution in [3.8, 4) is 0 Å². The molecule has 0 spiro atoms. The molecule has 2 heteroatoms. The normalized spacial score (nSPS) is 10.6. The van der Waals surface area contributed by atoms with E-state index in [4.69, 9.17) is 0 Å². The quantitative estimate of drug-likeness (QED) is 0.695. The van der Waals surface area contributed by atoms with Gasteiger partial charge in [-0.2, -0.15) is 0 Å². The van der Waals surface area contributed by atoms with Gasteiger partial charge in [-0.15, -0.1) is 0 Å². The van der Waals surface area contributed by atoms with E-state index in [1.807, 2.05) is 0 Å². The molecule has 88 valence electrons. The van der Waals surface area contributed by atoms with Crippen LogP contribution < -0.4 is 5.32 Å². The number of nitrogens with zero attached hydrogens (tertiary/aromatic N) is 1. The lowest BCUT2D eigenvalue weighted by Gasteiger charge is -2.25. The Bertz CT molecular complexity index is 217. The predicted octanol–water partition coefficient (Wildman–Crippen LogP) is 2.99. The van der Waals surface area contributed by atoms with Crippen LogP contribution in [-0.2, 0) is 0 Å². The fourth-order valence-electron chi connectivity index (χ4n) is 1.37. The predicted molar refractivity (Wildman–Crippen MR) is 68.6 cm³/mol. The Labute approximate surface area is 95.0 Å². The van der Waals surface area contributed by atoms with Gasteiger partial charge in [-0.05, 0) is 19.8 Å². The van der Waals surface area contributed by atoms with Gasteiger partial charge < -0.3 is 10.2 Å². The maximum Gasteiger partial charge on any atom is 0.0226 e. The average Bonchev–Trinajstić information content (AvgIpc) is 2.11. The first-order valence-electron chi connectivity index (χ1n) is 5.68. The summed E-state index contributed by atoms with van der Waals surface area (Å²) in [6.45, 7) is 17.6.